The van der Waals surface area contributed by atoms with Crippen LogP contribution in [0.1, 0.15) is 24.2 Å². The summed E-state index contributed by atoms with van der Waals surface area (Å²) in [5.74, 6) is 0.255. The van der Waals surface area contributed by atoms with E-state index >= 15 is 0 Å². The highest BCUT2D eigenvalue weighted by Gasteiger charge is 2.12. The zero-order valence-corrected chi connectivity index (χ0v) is 10.7. The largest absolute Gasteiger partial charge is 0.494 e. The minimum Gasteiger partial charge on any atom is -0.494 e. The SMILES string of the molecule is CCOc1ccc(C(C)=O)c(OCC(=O)OC)c1. The number of benzene rings is 1. The Bertz CT molecular complexity index is 439. The summed E-state index contributed by atoms with van der Waals surface area (Å²) in [5.41, 5.74) is 0.405. The first-order valence-corrected chi connectivity index (χ1v) is 5.55. The first-order valence-electron chi connectivity index (χ1n) is 5.55. The number of hydrogen-bond donors (Lipinski definition) is 0. The summed E-state index contributed by atoms with van der Waals surface area (Å²) < 4.78 is 15.0. The number of ether oxygens (including phenoxy) is 3. The quantitative estimate of drug-likeness (QED) is 0.571. The van der Waals surface area contributed by atoms with Crippen LogP contribution in [0.5, 0.6) is 11.5 Å². The molecular formula is C13H16O5. The summed E-state index contributed by atoms with van der Waals surface area (Å²) in [5, 5.41) is 0. The summed E-state index contributed by atoms with van der Waals surface area (Å²) in [6.45, 7) is 3.55. The monoisotopic (exact) mass is 252 g/mol. The van der Waals surface area contributed by atoms with Crippen molar-refractivity contribution in [2.24, 2.45) is 0 Å². The normalized spacial score (nSPS) is 9.72. The molecule has 0 saturated heterocycles. The lowest BCUT2D eigenvalue weighted by atomic mass is 10.1. The van der Waals surface area contributed by atoms with Crippen LogP contribution in [0, 0.1) is 0 Å². The van der Waals surface area contributed by atoms with Crippen molar-refractivity contribution in [2.45, 2.75) is 13.8 Å². The summed E-state index contributed by atoms with van der Waals surface area (Å²) in [6.07, 6.45) is 0. The second-order valence-corrected chi connectivity index (χ2v) is 3.51. The van der Waals surface area contributed by atoms with Gasteiger partial charge in [0.15, 0.2) is 12.4 Å². The number of esters is 1. The van der Waals surface area contributed by atoms with E-state index < -0.39 is 5.97 Å². The summed E-state index contributed by atoms with van der Waals surface area (Å²) in [4.78, 5) is 22.4. The van der Waals surface area contributed by atoms with Crippen molar-refractivity contribution in [1.82, 2.24) is 0 Å². The van der Waals surface area contributed by atoms with Crippen molar-refractivity contribution < 1.29 is 23.8 Å². The Morgan fingerprint density at radius 3 is 2.50 bits per heavy atom. The van der Waals surface area contributed by atoms with Crippen molar-refractivity contribution >= 4 is 11.8 Å². The van der Waals surface area contributed by atoms with Crippen LogP contribution in [0.15, 0.2) is 18.2 Å². The second kappa shape index (κ2) is 6.64. The molecule has 0 aliphatic heterocycles. The van der Waals surface area contributed by atoms with Gasteiger partial charge in [0.25, 0.3) is 0 Å². The van der Waals surface area contributed by atoms with E-state index in [0.717, 1.165) is 0 Å². The molecule has 5 nitrogen and oxygen atoms in total. The van der Waals surface area contributed by atoms with Crippen LogP contribution in [-0.2, 0) is 9.53 Å². The molecule has 0 atom stereocenters. The van der Waals surface area contributed by atoms with Gasteiger partial charge >= 0.3 is 5.97 Å². The molecular weight excluding hydrogens is 236 g/mol. The van der Waals surface area contributed by atoms with E-state index in [1.807, 2.05) is 6.92 Å². The van der Waals surface area contributed by atoms with Crippen molar-refractivity contribution in [1.29, 1.82) is 0 Å². The molecule has 0 bridgehead atoms. The van der Waals surface area contributed by atoms with E-state index in [1.165, 1.54) is 14.0 Å². The van der Waals surface area contributed by atoms with E-state index in [4.69, 9.17) is 9.47 Å². The number of Topliss-reactive ketones (excluding diaryl/α,β-unsaturated/α-hetero) is 1. The van der Waals surface area contributed by atoms with E-state index in [0.29, 0.717) is 23.7 Å². The Kier molecular flexibility index (Phi) is 5.17. The van der Waals surface area contributed by atoms with Crippen molar-refractivity contribution in [3.63, 3.8) is 0 Å². The average molecular weight is 252 g/mol. The lowest BCUT2D eigenvalue weighted by Crippen LogP contribution is -2.14. The number of carbonyl (C=O) groups is 2. The average Bonchev–Trinajstić information content (AvgIpc) is 2.36. The molecule has 0 unspecified atom stereocenters. The van der Waals surface area contributed by atoms with Crippen molar-refractivity contribution in [3.05, 3.63) is 23.8 Å². The van der Waals surface area contributed by atoms with Crippen LogP contribution in [0.4, 0.5) is 0 Å². The predicted molar refractivity (Wildman–Crippen MR) is 65.1 cm³/mol. The molecule has 0 spiro atoms. The topological polar surface area (TPSA) is 61.8 Å². The van der Waals surface area contributed by atoms with Gasteiger partial charge in [0.2, 0.25) is 0 Å². The highest BCUT2D eigenvalue weighted by molar-refractivity contribution is 5.97. The fourth-order valence-corrected chi connectivity index (χ4v) is 1.36. The second-order valence-electron chi connectivity index (χ2n) is 3.51. The van der Waals surface area contributed by atoms with Crippen LogP contribution in [0.2, 0.25) is 0 Å². The predicted octanol–water partition coefficient (Wildman–Crippen LogP) is 1.84. The smallest absolute Gasteiger partial charge is 0.343 e. The van der Waals surface area contributed by atoms with Gasteiger partial charge in [0, 0.05) is 6.07 Å². The van der Waals surface area contributed by atoms with E-state index in [-0.39, 0.29) is 12.4 Å². The standard InChI is InChI=1S/C13H16O5/c1-4-17-10-5-6-11(9(2)14)12(7-10)18-8-13(15)16-3/h5-7H,4,8H2,1-3H3. The Morgan fingerprint density at radius 2 is 1.94 bits per heavy atom. The molecule has 0 amide bonds. The van der Waals surface area contributed by atoms with Crippen molar-refractivity contribution in [2.75, 3.05) is 20.3 Å². The summed E-state index contributed by atoms with van der Waals surface area (Å²) in [7, 11) is 1.27. The lowest BCUT2D eigenvalue weighted by molar-refractivity contribution is -0.142. The fourth-order valence-electron chi connectivity index (χ4n) is 1.36. The maximum Gasteiger partial charge on any atom is 0.343 e. The first kappa shape index (κ1) is 14.0. The number of rotatable bonds is 6. The number of ketones is 1. The molecule has 0 heterocycles. The molecule has 1 aromatic carbocycles. The Hall–Kier alpha value is -2.04. The lowest BCUT2D eigenvalue weighted by Gasteiger charge is -2.11. The minimum absolute atomic E-state index is 0.141. The van der Waals surface area contributed by atoms with Crippen LogP contribution in [0.3, 0.4) is 0 Å². The molecule has 1 aromatic rings. The van der Waals surface area contributed by atoms with Gasteiger partial charge in [-0.15, -0.1) is 0 Å². The summed E-state index contributed by atoms with van der Waals surface area (Å²) >= 11 is 0. The molecule has 0 aromatic heterocycles. The molecule has 5 heteroatoms. The molecule has 0 saturated carbocycles. The zero-order chi connectivity index (χ0) is 13.5. The van der Waals surface area contributed by atoms with Crippen molar-refractivity contribution in [3.8, 4) is 11.5 Å². The van der Waals surface area contributed by atoms with Crippen LogP contribution < -0.4 is 9.47 Å². The van der Waals surface area contributed by atoms with Gasteiger partial charge in [0.1, 0.15) is 11.5 Å². The van der Waals surface area contributed by atoms with Crippen LogP contribution in [0.25, 0.3) is 0 Å². The Morgan fingerprint density at radius 1 is 1.22 bits per heavy atom. The van der Waals surface area contributed by atoms with Gasteiger partial charge in [-0.2, -0.15) is 0 Å². The Labute approximate surface area is 106 Å². The fraction of sp³-hybridized carbons (Fsp3) is 0.385. The Balaban J connectivity index is 2.92. The molecule has 0 fully saturated rings. The third-order valence-corrected chi connectivity index (χ3v) is 2.22. The highest BCUT2D eigenvalue weighted by atomic mass is 16.6. The molecule has 0 aliphatic carbocycles. The maximum atomic E-state index is 11.4. The molecule has 1 rings (SSSR count). The summed E-state index contributed by atoms with van der Waals surface area (Å²) in [6, 6.07) is 4.88. The maximum absolute atomic E-state index is 11.4. The minimum atomic E-state index is -0.508. The molecule has 0 aliphatic rings. The first-order chi connectivity index (χ1) is 8.58. The van der Waals surface area contributed by atoms with Gasteiger partial charge in [-0.25, -0.2) is 4.79 Å². The third-order valence-electron chi connectivity index (χ3n) is 2.22. The number of hydrogen-bond acceptors (Lipinski definition) is 5. The molecule has 98 valence electrons. The van der Waals surface area contributed by atoms with Gasteiger partial charge in [-0.3, -0.25) is 4.79 Å². The van der Waals surface area contributed by atoms with E-state index in [1.54, 1.807) is 18.2 Å². The van der Waals surface area contributed by atoms with Crippen LogP contribution in [-0.4, -0.2) is 32.1 Å². The zero-order valence-electron chi connectivity index (χ0n) is 10.7. The van der Waals surface area contributed by atoms with Gasteiger partial charge < -0.3 is 14.2 Å². The van der Waals surface area contributed by atoms with Gasteiger partial charge in [-0.1, -0.05) is 0 Å². The number of methoxy groups -OCH3 is 1. The molecule has 0 N–H and O–H groups in total. The molecule has 0 radical (unpaired) electrons. The van der Waals surface area contributed by atoms with Gasteiger partial charge in [0.05, 0.1) is 19.3 Å². The molecule has 18 heavy (non-hydrogen) atoms. The van der Waals surface area contributed by atoms with Gasteiger partial charge in [-0.05, 0) is 26.0 Å². The van der Waals surface area contributed by atoms with Crippen LogP contribution >= 0.6 is 0 Å². The van der Waals surface area contributed by atoms with E-state index in [2.05, 4.69) is 4.74 Å². The van der Waals surface area contributed by atoms with E-state index in [9.17, 15) is 9.59 Å². The third kappa shape index (κ3) is 3.76. The number of carbonyl (C=O) groups excluding carboxylic acids is 2. The highest BCUT2D eigenvalue weighted by Crippen LogP contribution is 2.25.